The van der Waals surface area contributed by atoms with Crippen LogP contribution in [0.5, 0.6) is 0 Å². The summed E-state index contributed by atoms with van der Waals surface area (Å²) in [4.78, 5) is 4.04. The molecular formula is C15H17F3N2O4. The Kier molecular flexibility index (Phi) is 5.04. The number of aliphatic hydroxyl groups is 1. The fourth-order valence-electron chi connectivity index (χ4n) is 2.61. The highest BCUT2D eigenvalue weighted by Crippen LogP contribution is 2.35. The van der Waals surface area contributed by atoms with Gasteiger partial charge in [0.15, 0.2) is 29.6 Å². The van der Waals surface area contributed by atoms with Crippen molar-refractivity contribution in [3.05, 3.63) is 34.6 Å². The van der Waals surface area contributed by atoms with Crippen LogP contribution in [0.3, 0.4) is 0 Å². The van der Waals surface area contributed by atoms with Gasteiger partial charge in [-0.05, 0) is 24.8 Å². The van der Waals surface area contributed by atoms with Gasteiger partial charge in [-0.15, -0.1) is 0 Å². The molecule has 1 aromatic carbocycles. The largest absolute Gasteiger partial charge is 0.394 e. The van der Waals surface area contributed by atoms with Crippen LogP contribution in [0.2, 0.25) is 0 Å². The molecule has 24 heavy (non-hydrogen) atoms. The van der Waals surface area contributed by atoms with Gasteiger partial charge in [0.25, 0.3) is 0 Å². The number of nitrogens with one attached hydrogen (secondary N) is 1. The summed E-state index contributed by atoms with van der Waals surface area (Å²) < 4.78 is 52.3. The summed E-state index contributed by atoms with van der Waals surface area (Å²) in [5.41, 5.74) is 0.908. The molecule has 3 rings (SSSR count). The molecule has 0 radical (unpaired) electrons. The molecule has 1 aliphatic heterocycles. The van der Waals surface area contributed by atoms with Crippen LogP contribution in [-0.2, 0) is 9.47 Å². The van der Waals surface area contributed by atoms with Crippen LogP contribution in [0.4, 0.5) is 13.2 Å². The molecule has 0 aromatic heterocycles. The van der Waals surface area contributed by atoms with Gasteiger partial charge in [-0.1, -0.05) is 0 Å². The fourth-order valence-corrected chi connectivity index (χ4v) is 2.61. The molecule has 3 N–H and O–H groups in total. The number of hydroxylamine groups is 1. The highest BCUT2D eigenvalue weighted by Gasteiger charge is 2.32. The van der Waals surface area contributed by atoms with Crippen molar-refractivity contribution in [2.45, 2.75) is 25.2 Å². The highest BCUT2D eigenvalue weighted by atomic mass is 19.2. The quantitative estimate of drug-likeness (QED) is 0.327. The van der Waals surface area contributed by atoms with Crippen molar-refractivity contribution in [3.63, 3.8) is 0 Å². The third kappa shape index (κ3) is 3.25. The molecule has 0 amide bonds. The van der Waals surface area contributed by atoms with Crippen LogP contribution in [0.1, 0.15) is 30.3 Å². The van der Waals surface area contributed by atoms with Gasteiger partial charge in [-0.25, -0.2) is 13.2 Å². The van der Waals surface area contributed by atoms with Crippen LogP contribution < -0.4 is 5.48 Å². The smallest absolute Gasteiger partial charge is 0.195 e. The zero-order chi connectivity index (χ0) is 17.3. The lowest BCUT2D eigenvalue weighted by atomic mass is 10.1. The van der Waals surface area contributed by atoms with Crippen molar-refractivity contribution >= 4 is 5.84 Å². The molecule has 1 saturated heterocycles. The molecule has 2 fully saturated rings. The molecule has 6 nitrogen and oxygen atoms in total. The monoisotopic (exact) mass is 346 g/mol. The summed E-state index contributed by atoms with van der Waals surface area (Å²) in [6.07, 6.45) is 0.543. The topological polar surface area (TPSA) is 83.3 Å². The Morgan fingerprint density at radius 3 is 2.42 bits per heavy atom. The summed E-state index contributed by atoms with van der Waals surface area (Å²) in [5, 5.41) is 18.6. The first-order valence-electron chi connectivity index (χ1n) is 7.56. The first-order valence-corrected chi connectivity index (χ1v) is 7.56. The second-order valence-electron chi connectivity index (χ2n) is 5.71. The predicted octanol–water partition coefficient (Wildman–Crippen LogP) is 1.65. The third-order valence-corrected chi connectivity index (χ3v) is 4.06. The summed E-state index contributed by atoms with van der Waals surface area (Å²) in [6.45, 7) is 0.0979. The van der Waals surface area contributed by atoms with Gasteiger partial charge in [0.05, 0.1) is 31.4 Å². The van der Waals surface area contributed by atoms with Crippen LogP contribution in [0, 0.1) is 23.4 Å². The van der Waals surface area contributed by atoms with E-state index in [1.165, 1.54) is 0 Å². The number of aliphatic hydroxyl groups excluding tert-OH is 1. The first kappa shape index (κ1) is 17.2. The van der Waals surface area contributed by atoms with Crippen molar-refractivity contribution in [1.29, 1.82) is 0 Å². The predicted molar refractivity (Wildman–Crippen MR) is 76.0 cm³/mol. The van der Waals surface area contributed by atoms with Gasteiger partial charge in [-0.3, -0.25) is 15.7 Å². The number of aliphatic imine (C=N–C) groups is 1. The number of rotatable bonds is 5. The van der Waals surface area contributed by atoms with E-state index in [1.807, 2.05) is 0 Å². The molecule has 132 valence electrons. The summed E-state index contributed by atoms with van der Waals surface area (Å²) >= 11 is 0. The van der Waals surface area contributed by atoms with Gasteiger partial charge in [0.2, 0.25) is 0 Å². The van der Waals surface area contributed by atoms with E-state index in [-0.39, 0.29) is 31.3 Å². The maximum Gasteiger partial charge on any atom is 0.195 e. The molecule has 0 spiro atoms. The number of halogens is 3. The van der Waals surface area contributed by atoms with Crippen LogP contribution in [0.15, 0.2) is 11.1 Å². The number of nitrogens with zero attached hydrogens (tertiary/aromatic N) is 1. The molecule has 1 aromatic rings. The Hall–Kier alpha value is -1.68. The minimum absolute atomic E-state index is 0.118. The maximum atomic E-state index is 14.1. The average Bonchev–Trinajstić information content (AvgIpc) is 3.29. The Labute approximate surface area is 135 Å². The van der Waals surface area contributed by atoms with Crippen molar-refractivity contribution < 1.29 is 33.0 Å². The van der Waals surface area contributed by atoms with E-state index in [1.54, 1.807) is 5.48 Å². The number of amidine groups is 1. The van der Waals surface area contributed by atoms with Crippen molar-refractivity contribution in [2.24, 2.45) is 10.9 Å². The highest BCUT2D eigenvalue weighted by molar-refractivity contribution is 5.98. The molecular weight excluding hydrogens is 329 g/mol. The molecule has 1 heterocycles. The van der Waals surface area contributed by atoms with E-state index in [9.17, 15) is 23.5 Å². The fraction of sp³-hybridized carbons (Fsp3) is 0.533. The van der Waals surface area contributed by atoms with Gasteiger partial charge >= 0.3 is 0 Å². The van der Waals surface area contributed by atoms with E-state index < -0.39 is 41.2 Å². The molecule has 2 aliphatic rings. The Morgan fingerprint density at radius 2 is 1.88 bits per heavy atom. The van der Waals surface area contributed by atoms with Crippen molar-refractivity contribution in [2.75, 3.05) is 19.8 Å². The molecule has 1 atom stereocenters. The van der Waals surface area contributed by atoms with Crippen LogP contribution >= 0.6 is 0 Å². The van der Waals surface area contributed by atoms with Gasteiger partial charge in [0, 0.05) is 5.56 Å². The van der Waals surface area contributed by atoms with E-state index in [0.29, 0.717) is 0 Å². The van der Waals surface area contributed by atoms with Gasteiger partial charge < -0.3 is 14.6 Å². The van der Waals surface area contributed by atoms with Crippen molar-refractivity contribution in [1.82, 2.24) is 5.48 Å². The minimum Gasteiger partial charge on any atom is -0.394 e. The lowest BCUT2D eigenvalue weighted by Gasteiger charge is -2.16. The second-order valence-corrected chi connectivity index (χ2v) is 5.71. The first-order chi connectivity index (χ1) is 11.6. The van der Waals surface area contributed by atoms with E-state index in [2.05, 4.69) is 4.99 Å². The zero-order valence-electron chi connectivity index (χ0n) is 12.6. The molecule has 1 aliphatic carbocycles. The second kappa shape index (κ2) is 7.06. The Bertz CT molecular complexity index is 646. The summed E-state index contributed by atoms with van der Waals surface area (Å²) in [7, 11) is 0. The normalized spacial score (nSPS) is 20.5. The van der Waals surface area contributed by atoms with Crippen LogP contribution in [-0.4, -0.2) is 42.0 Å². The standard InChI is InChI=1S/C15H17F3N2O4/c16-11-8(14(20-22)19-10(6-21)7-1-2-7)5-9(12(17)13(11)18)15-23-3-4-24-15/h5,7,10,15,21-22H,1-4,6H2,(H,19,20). The van der Waals surface area contributed by atoms with Crippen molar-refractivity contribution in [3.8, 4) is 0 Å². The lowest BCUT2D eigenvalue weighted by molar-refractivity contribution is -0.0469. The molecule has 0 bridgehead atoms. The van der Waals surface area contributed by atoms with Crippen LogP contribution in [0.25, 0.3) is 0 Å². The average molecular weight is 346 g/mol. The third-order valence-electron chi connectivity index (χ3n) is 4.06. The molecule has 1 saturated carbocycles. The Morgan fingerprint density at radius 1 is 1.21 bits per heavy atom. The number of ether oxygens (including phenoxy) is 2. The maximum absolute atomic E-state index is 14.1. The lowest BCUT2D eigenvalue weighted by Crippen LogP contribution is -2.27. The minimum atomic E-state index is -1.71. The van der Waals surface area contributed by atoms with Gasteiger partial charge in [-0.2, -0.15) is 0 Å². The number of hydrogen-bond donors (Lipinski definition) is 3. The van der Waals surface area contributed by atoms with E-state index in [4.69, 9.17) is 9.47 Å². The van der Waals surface area contributed by atoms with E-state index in [0.717, 1.165) is 18.9 Å². The van der Waals surface area contributed by atoms with Gasteiger partial charge in [0.1, 0.15) is 0 Å². The molecule has 1 unspecified atom stereocenters. The number of hydrogen-bond acceptors (Lipinski definition) is 5. The SMILES string of the molecule is OCC(N=C(NO)c1cc(C2OCCO2)c(F)c(F)c1F)C1CC1. The molecule has 9 heteroatoms. The Balaban J connectivity index is 2.02. The summed E-state index contributed by atoms with van der Waals surface area (Å²) in [6, 6.07) is 0.419. The number of benzene rings is 1. The zero-order valence-corrected chi connectivity index (χ0v) is 12.6. The summed E-state index contributed by atoms with van der Waals surface area (Å²) in [5.74, 6) is -4.90. The van der Waals surface area contributed by atoms with E-state index >= 15 is 0 Å².